The van der Waals surface area contributed by atoms with E-state index < -0.39 is 5.91 Å². The molecule has 5 nitrogen and oxygen atoms in total. The SMILES string of the molecule is COc1ccc(/C=C(/C(=O)Nc2cccc(OC)c2)C(=O)c2ccccc2)cc1. The number of benzene rings is 3. The molecule has 3 aromatic carbocycles. The molecule has 0 unspecified atom stereocenters. The lowest BCUT2D eigenvalue weighted by atomic mass is 10.00. The molecule has 0 spiro atoms. The minimum atomic E-state index is -0.497. The number of hydrogen-bond donors (Lipinski definition) is 1. The Morgan fingerprint density at radius 2 is 1.48 bits per heavy atom. The van der Waals surface area contributed by atoms with E-state index in [1.807, 2.05) is 6.07 Å². The molecule has 0 bridgehead atoms. The fraction of sp³-hybridized carbons (Fsp3) is 0.0833. The summed E-state index contributed by atoms with van der Waals surface area (Å²) >= 11 is 0. The Balaban J connectivity index is 1.95. The lowest BCUT2D eigenvalue weighted by Gasteiger charge is -2.10. The first-order valence-electron chi connectivity index (χ1n) is 9.01. The van der Waals surface area contributed by atoms with Gasteiger partial charge in [-0.3, -0.25) is 9.59 Å². The Morgan fingerprint density at radius 3 is 2.14 bits per heavy atom. The van der Waals surface area contributed by atoms with Crippen LogP contribution in [0.5, 0.6) is 11.5 Å². The van der Waals surface area contributed by atoms with Crippen LogP contribution in [0.15, 0.2) is 84.4 Å². The molecule has 0 saturated heterocycles. The van der Waals surface area contributed by atoms with Crippen molar-refractivity contribution in [3.8, 4) is 11.5 Å². The first-order valence-corrected chi connectivity index (χ1v) is 9.01. The number of anilines is 1. The zero-order valence-electron chi connectivity index (χ0n) is 16.2. The van der Waals surface area contributed by atoms with E-state index >= 15 is 0 Å². The normalized spacial score (nSPS) is 10.9. The Morgan fingerprint density at radius 1 is 0.793 bits per heavy atom. The molecule has 1 N–H and O–H groups in total. The topological polar surface area (TPSA) is 64.6 Å². The third-order valence-corrected chi connectivity index (χ3v) is 4.28. The molecular weight excluding hydrogens is 366 g/mol. The summed E-state index contributed by atoms with van der Waals surface area (Å²) in [5.41, 5.74) is 1.72. The molecular formula is C24H21NO4. The maximum Gasteiger partial charge on any atom is 0.259 e. The second-order valence-electron chi connectivity index (χ2n) is 6.21. The number of carbonyl (C=O) groups is 2. The van der Waals surface area contributed by atoms with E-state index in [1.54, 1.807) is 93.1 Å². The molecule has 0 atom stereocenters. The second kappa shape index (κ2) is 9.37. The van der Waals surface area contributed by atoms with Crippen LogP contribution in [0.4, 0.5) is 5.69 Å². The quantitative estimate of drug-likeness (QED) is 0.278. The van der Waals surface area contributed by atoms with Crippen molar-refractivity contribution in [2.24, 2.45) is 0 Å². The molecule has 0 aliphatic carbocycles. The maximum absolute atomic E-state index is 13.0. The van der Waals surface area contributed by atoms with Gasteiger partial charge < -0.3 is 14.8 Å². The number of hydrogen-bond acceptors (Lipinski definition) is 4. The summed E-state index contributed by atoms with van der Waals surface area (Å²) in [6.45, 7) is 0. The first-order chi connectivity index (χ1) is 14.1. The van der Waals surface area contributed by atoms with E-state index in [1.165, 1.54) is 0 Å². The standard InChI is InChI=1S/C24H21NO4/c1-28-20-13-11-17(12-14-20)15-22(23(26)18-7-4-3-5-8-18)24(27)25-19-9-6-10-21(16-19)29-2/h3-16H,1-2H3,(H,25,27)/b22-15+. The molecule has 0 fully saturated rings. The largest absolute Gasteiger partial charge is 0.497 e. The Hall–Kier alpha value is -3.86. The molecule has 3 aromatic rings. The monoisotopic (exact) mass is 387 g/mol. The Kier molecular flexibility index (Phi) is 6.43. The third kappa shape index (κ3) is 5.11. The molecule has 0 aromatic heterocycles. The summed E-state index contributed by atoms with van der Waals surface area (Å²) < 4.78 is 10.3. The van der Waals surface area contributed by atoms with Crippen LogP contribution in [0.3, 0.4) is 0 Å². The second-order valence-corrected chi connectivity index (χ2v) is 6.21. The van der Waals surface area contributed by atoms with Gasteiger partial charge in [0.15, 0.2) is 5.78 Å². The van der Waals surface area contributed by atoms with Gasteiger partial charge in [0.2, 0.25) is 0 Å². The highest BCUT2D eigenvalue weighted by molar-refractivity contribution is 6.31. The van der Waals surface area contributed by atoms with Crippen molar-refractivity contribution in [1.82, 2.24) is 0 Å². The van der Waals surface area contributed by atoms with Gasteiger partial charge in [0.05, 0.1) is 19.8 Å². The lowest BCUT2D eigenvalue weighted by molar-refractivity contribution is -0.112. The van der Waals surface area contributed by atoms with E-state index in [0.29, 0.717) is 28.3 Å². The number of Topliss-reactive ketones (excluding diaryl/α,β-unsaturated/α-hetero) is 1. The van der Waals surface area contributed by atoms with Gasteiger partial charge in [0, 0.05) is 17.3 Å². The van der Waals surface area contributed by atoms with Crippen LogP contribution in [0.2, 0.25) is 0 Å². The highest BCUT2D eigenvalue weighted by atomic mass is 16.5. The number of rotatable bonds is 7. The molecule has 5 heteroatoms. The van der Waals surface area contributed by atoms with Gasteiger partial charge in [0.25, 0.3) is 5.91 Å². The summed E-state index contributed by atoms with van der Waals surface area (Å²) in [4.78, 5) is 26.0. The van der Waals surface area contributed by atoms with Crippen molar-refractivity contribution in [2.45, 2.75) is 0 Å². The molecule has 0 aliphatic heterocycles. The van der Waals surface area contributed by atoms with E-state index in [2.05, 4.69) is 5.32 Å². The molecule has 0 saturated carbocycles. The Labute approximate surface area is 169 Å². The third-order valence-electron chi connectivity index (χ3n) is 4.28. The van der Waals surface area contributed by atoms with Crippen molar-refractivity contribution in [3.05, 3.63) is 95.6 Å². The predicted octanol–water partition coefficient (Wildman–Crippen LogP) is 4.61. The fourth-order valence-electron chi connectivity index (χ4n) is 2.75. The van der Waals surface area contributed by atoms with Crippen molar-refractivity contribution in [3.63, 3.8) is 0 Å². The summed E-state index contributed by atoms with van der Waals surface area (Å²) in [5, 5.41) is 2.78. The fourth-order valence-corrected chi connectivity index (χ4v) is 2.75. The molecule has 0 radical (unpaired) electrons. The number of carbonyl (C=O) groups excluding carboxylic acids is 2. The van der Waals surface area contributed by atoms with Gasteiger partial charge in [-0.05, 0) is 35.9 Å². The van der Waals surface area contributed by atoms with Gasteiger partial charge in [-0.15, -0.1) is 0 Å². The van der Waals surface area contributed by atoms with E-state index in [-0.39, 0.29) is 11.4 Å². The molecule has 0 aliphatic rings. The van der Waals surface area contributed by atoms with Crippen LogP contribution >= 0.6 is 0 Å². The molecule has 3 rings (SSSR count). The average Bonchev–Trinajstić information content (AvgIpc) is 2.78. The highest BCUT2D eigenvalue weighted by Crippen LogP contribution is 2.20. The average molecular weight is 387 g/mol. The number of amides is 1. The number of nitrogens with one attached hydrogen (secondary N) is 1. The number of ether oxygens (including phenoxy) is 2. The molecule has 0 heterocycles. The van der Waals surface area contributed by atoms with Crippen molar-refractivity contribution >= 4 is 23.5 Å². The minimum absolute atomic E-state index is 0.0317. The predicted molar refractivity (Wildman–Crippen MR) is 113 cm³/mol. The molecule has 146 valence electrons. The number of ketones is 1. The zero-order valence-corrected chi connectivity index (χ0v) is 16.2. The first kappa shape index (κ1) is 19.9. The number of methoxy groups -OCH3 is 2. The van der Waals surface area contributed by atoms with Crippen LogP contribution in [-0.4, -0.2) is 25.9 Å². The highest BCUT2D eigenvalue weighted by Gasteiger charge is 2.20. The van der Waals surface area contributed by atoms with Gasteiger partial charge in [-0.25, -0.2) is 0 Å². The van der Waals surface area contributed by atoms with Crippen molar-refractivity contribution in [2.75, 3.05) is 19.5 Å². The molecule has 29 heavy (non-hydrogen) atoms. The molecule has 1 amide bonds. The van der Waals surface area contributed by atoms with Crippen LogP contribution in [0.1, 0.15) is 15.9 Å². The summed E-state index contributed by atoms with van der Waals surface area (Å²) in [7, 11) is 3.13. The smallest absolute Gasteiger partial charge is 0.259 e. The van der Waals surface area contributed by atoms with Crippen LogP contribution in [0, 0.1) is 0 Å². The van der Waals surface area contributed by atoms with Crippen LogP contribution in [-0.2, 0) is 4.79 Å². The zero-order chi connectivity index (χ0) is 20.6. The Bertz CT molecular complexity index is 1020. The lowest BCUT2D eigenvalue weighted by Crippen LogP contribution is -2.20. The van der Waals surface area contributed by atoms with E-state index in [4.69, 9.17) is 9.47 Å². The van der Waals surface area contributed by atoms with E-state index in [9.17, 15) is 9.59 Å². The minimum Gasteiger partial charge on any atom is -0.497 e. The maximum atomic E-state index is 13.0. The summed E-state index contributed by atoms with van der Waals surface area (Å²) in [6.07, 6.45) is 1.57. The van der Waals surface area contributed by atoms with Crippen LogP contribution < -0.4 is 14.8 Å². The van der Waals surface area contributed by atoms with Gasteiger partial charge in [-0.1, -0.05) is 48.5 Å². The van der Waals surface area contributed by atoms with Gasteiger partial charge in [-0.2, -0.15) is 0 Å². The van der Waals surface area contributed by atoms with Gasteiger partial charge in [0.1, 0.15) is 11.5 Å². The van der Waals surface area contributed by atoms with Crippen molar-refractivity contribution < 1.29 is 19.1 Å². The van der Waals surface area contributed by atoms with E-state index in [0.717, 1.165) is 0 Å². The van der Waals surface area contributed by atoms with Gasteiger partial charge >= 0.3 is 0 Å². The summed E-state index contributed by atoms with van der Waals surface area (Å²) in [6, 6.07) is 22.8. The van der Waals surface area contributed by atoms with Crippen molar-refractivity contribution in [1.29, 1.82) is 0 Å². The van der Waals surface area contributed by atoms with Crippen LogP contribution in [0.25, 0.3) is 6.08 Å². The summed E-state index contributed by atoms with van der Waals surface area (Å²) in [5.74, 6) is 0.446.